The average molecular weight is 301 g/mol. The normalized spacial score (nSPS) is 1.91. The van der Waals surface area contributed by atoms with Crippen molar-refractivity contribution in [3.05, 3.63) is 0 Å². The molecule has 0 aliphatic rings. The van der Waals surface area contributed by atoms with Crippen LogP contribution >= 0.6 is 0 Å². The molecule has 0 heterocycles. The van der Waals surface area contributed by atoms with Crippen LogP contribution in [0.1, 0.15) is 0 Å². The van der Waals surface area contributed by atoms with Gasteiger partial charge in [-0.1, -0.05) is 16.2 Å². The van der Waals surface area contributed by atoms with E-state index in [0.717, 1.165) is 0 Å². The van der Waals surface area contributed by atoms with Crippen molar-refractivity contribution >= 4 is 37.9 Å². The van der Waals surface area contributed by atoms with Gasteiger partial charge in [0.05, 0.1) is 0 Å². The minimum atomic E-state index is 0. The summed E-state index contributed by atoms with van der Waals surface area (Å²) in [7, 11) is 0. The number of thiocyanates is 3. The fourth-order valence-corrected chi connectivity index (χ4v) is 0. The van der Waals surface area contributed by atoms with Gasteiger partial charge in [0.25, 0.3) is 0 Å². The number of hydrogen-bond donors (Lipinski definition) is 0. The van der Waals surface area contributed by atoms with Crippen LogP contribution < -0.4 is 0 Å². The van der Waals surface area contributed by atoms with E-state index in [4.69, 9.17) is 15.8 Å². The van der Waals surface area contributed by atoms with Gasteiger partial charge in [0.1, 0.15) is 0 Å². The summed E-state index contributed by atoms with van der Waals surface area (Å²) >= 11 is 11.1. The summed E-state index contributed by atoms with van der Waals surface area (Å²) < 4.78 is 0. The molecule has 0 amide bonds. The fourth-order valence-electron chi connectivity index (χ4n) is 0. The van der Waals surface area contributed by atoms with Gasteiger partial charge in [-0.2, -0.15) is 0 Å². The molecule has 0 aromatic heterocycles. The first-order chi connectivity index (χ1) is 4.24. The summed E-state index contributed by atoms with van der Waals surface area (Å²) in [6.45, 7) is 0. The van der Waals surface area contributed by atoms with E-state index in [1.54, 1.807) is 0 Å². The summed E-state index contributed by atoms with van der Waals surface area (Å²) in [5.74, 6) is 0. The van der Waals surface area contributed by atoms with Gasteiger partial charge in [0, 0.05) is 0 Å². The Labute approximate surface area is 103 Å². The molecule has 8 heteroatoms. The molecule has 0 atom stereocenters. The first-order valence-electron chi connectivity index (χ1n) is 1.28. The minimum absolute atomic E-state index is 0. The van der Waals surface area contributed by atoms with Gasteiger partial charge in [0.15, 0.2) is 0 Å². The standard InChI is InChI=1S/3CHNS.2Cu/c3*2-1-3;;/h3*3H;;/q;;;+1;+2/p-3. The molecule has 0 aliphatic heterocycles. The third-order valence-corrected chi connectivity index (χ3v) is 0. The Hall–Kier alpha value is 0.169. The third-order valence-electron chi connectivity index (χ3n) is 0. The molecule has 0 spiro atoms. The monoisotopic (exact) mass is 300 g/mol. The Bertz CT molecular complexity index is 115. The molecule has 0 N–H and O–H groups in total. The summed E-state index contributed by atoms with van der Waals surface area (Å²) in [5.41, 5.74) is 0. The maximum Gasteiger partial charge on any atom is 2.00 e. The van der Waals surface area contributed by atoms with Crippen LogP contribution in [-0.2, 0) is 72.0 Å². The second-order valence-corrected chi connectivity index (χ2v) is 0.822. The van der Waals surface area contributed by atoms with E-state index in [2.05, 4.69) is 37.9 Å². The molecule has 67 valence electrons. The van der Waals surface area contributed by atoms with Crippen molar-refractivity contribution in [2.24, 2.45) is 0 Å². The fraction of sp³-hybridized carbons (Fsp3) is 0. The predicted octanol–water partition coefficient (Wildman–Crippen LogP) is 0.0381. The van der Waals surface area contributed by atoms with E-state index < -0.39 is 0 Å². The van der Waals surface area contributed by atoms with Crippen LogP contribution in [0, 0.1) is 32.0 Å². The Balaban J connectivity index is -0.0000000150. The van der Waals surface area contributed by atoms with E-state index >= 15 is 0 Å². The summed E-state index contributed by atoms with van der Waals surface area (Å²) in [4.78, 5) is 0. The SMILES string of the molecule is N#C[S-].N#C[S-].N#C[S-].[Cu+2].[Cu+]. The van der Waals surface area contributed by atoms with E-state index in [0.29, 0.717) is 0 Å². The predicted molar refractivity (Wildman–Crippen MR) is 38.9 cm³/mol. The van der Waals surface area contributed by atoms with Crippen LogP contribution in [0.4, 0.5) is 0 Å². The van der Waals surface area contributed by atoms with Crippen molar-refractivity contribution in [2.45, 2.75) is 0 Å². The molecule has 0 fully saturated rings. The number of nitrogens with zero attached hydrogens (tertiary/aromatic N) is 3. The molecular weight excluding hydrogens is 301 g/mol. The van der Waals surface area contributed by atoms with Crippen molar-refractivity contribution in [2.75, 3.05) is 0 Å². The summed E-state index contributed by atoms with van der Waals surface area (Å²) in [5, 5.41) is 25.4. The average Bonchev–Trinajstić information content (AvgIpc) is 1.70. The van der Waals surface area contributed by atoms with Gasteiger partial charge in [-0.3, -0.25) is 0 Å². The first kappa shape index (κ1) is 30.3. The van der Waals surface area contributed by atoms with Crippen molar-refractivity contribution in [1.29, 1.82) is 15.8 Å². The minimum Gasteiger partial charge on any atom is -0.696 e. The largest absolute Gasteiger partial charge is 2.00 e. The molecule has 0 aromatic carbocycles. The van der Waals surface area contributed by atoms with Crippen molar-refractivity contribution in [3.8, 4) is 16.2 Å². The molecule has 0 saturated carbocycles. The molecule has 0 aliphatic carbocycles. The van der Waals surface area contributed by atoms with Crippen molar-refractivity contribution in [1.82, 2.24) is 0 Å². The van der Waals surface area contributed by atoms with Crippen LogP contribution in [0.3, 0.4) is 0 Å². The summed E-state index contributed by atoms with van der Waals surface area (Å²) in [6, 6.07) is 0. The van der Waals surface area contributed by atoms with Crippen LogP contribution in [0.5, 0.6) is 0 Å². The number of rotatable bonds is 0. The molecule has 0 aromatic rings. The van der Waals surface area contributed by atoms with Gasteiger partial charge in [0.2, 0.25) is 0 Å². The van der Waals surface area contributed by atoms with Gasteiger partial charge in [-0.05, 0) is 0 Å². The zero-order chi connectivity index (χ0) is 8.12. The molecule has 1 radical (unpaired) electrons. The Morgan fingerprint density at radius 2 is 0.727 bits per heavy atom. The molecule has 0 bridgehead atoms. The van der Waals surface area contributed by atoms with Crippen molar-refractivity contribution < 1.29 is 34.1 Å². The smallest absolute Gasteiger partial charge is 0.696 e. The zero-order valence-corrected chi connectivity index (χ0v) is 9.00. The second-order valence-electron chi connectivity index (χ2n) is 0.274. The van der Waals surface area contributed by atoms with E-state index in [9.17, 15) is 0 Å². The number of hydrogen-bond acceptors (Lipinski definition) is 6. The molecular formula is C3Cu2N3S3. The zero-order valence-electron chi connectivity index (χ0n) is 4.67. The van der Waals surface area contributed by atoms with E-state index in [1.165, 1.54) is 16.2 Å². The molecule has 3 nitrogen and oxygen atoms in total. The van der Waals surface area contributed by atoms with Gasteiger partial charge < -0.3 is 37.9 Å². The van der Waals surface area contributed by atoms with E-state index in [1.807, 2.05) is 0 Å². The molecule has 0 rings (SSSR count). The van der Waals surface area contributed by atoms with Crippen LogP contribution in [0.25, 0.3) is 0 Å². The summed E-state index contributed by atoms with van der Waals surface area (Å²) in [6.07, 6.45) is 0. The third kappa shape index (κ3) is 23800. The first-order valence-corrected chi connectivity index (χ1v) is 2.51. The maximum atomic E-state index is 7.13. The Morgan fingerprint density at radius 1 is 0.727 bits per heavy atom. The molecule has 0 unspecified atom stereocenters. The van der Waals surface area contributed by atoms with Crippen LogP contribution in [0.2, 0.25) is 0 Å². The quantitative estimate of drug-likeness (QED) is 0.357. The molecule has 0 saturated heterocycles. The van der Waals surface area contributed by atoms with Crippen LogP contribution in [0.15, 0.2) is 0 Å². The maximum absolute atomic E-state index is 7.13. The van der Waals surface area contributed by atoms with Gasteiger partial charge >= 0.3 is 34.1 Å². The van der Waals surface area contributed by atoms with Crippen molar-refractivity contribution in [3.63, 3.8) is 0 Å². The Morgan fingerprint density at radius 3 is 0.727 bits per heavy atom. The number of nitriles is 3. The topological polar surface area (TPSA) is 71.4 Å². The van der Waals surface area contributed by atoms with Gasteiger partial charge in [-0.15, -0.1) is 0 Å². The second kappa shape index (κ2) is 85.1. The van der Waals surface area contributed by atoms with E-state index in [-0.39, 0.29) is 34.1 Å². The Kier molecular flexibility index (Phi) is 235. The molecule has 11 heavy (non-hydrogen) atoms. The van der Waals surface area contributed by atoms with Gasteiger partial charge in [-0.25, -0.2) is 15.8 Å². The van der Waals surface area contributed by atoms with Crippen LogP contribution in [-0.4, -0.2) is 0 Å².